The first kappa shape index (κ1) is 13.9. The highest BCUT2D eigenvalue weighted by Crippen LogP contribution is 2.25. The van der Waals surface area contributed by atoms with E-state index in [0.717, 1.165) is 22.1 Å². The minimum atomic E-state index is -0.959. The van der Waals surface area contributed by atoms with Crippen molar-refractivity contribution in [1.82, 2.24) is 5.32 Å². The molecule has 0 aliphatic carbocycles. The third kappa shape index (κ3) is 3.06. The van der Waals surface area contributed by atoms with Gasteiger partial charge in [-0.1, -0.05) is 18.2 Å². The van der Waals surface area contributed by atoms with Crippen LogP contribution < -0.4 is 10.1 Å². The van der Waals surface area contributed by atoms with E-state index in [0.29, 0.717) is 6.41 Å². The average molecular weight is 273 g/mol. The Morgan fingerprint density at radius 3 is 2.65 bits per heavy atom. The van der Waals surface area contributed by atoms with Crippen LogP contribution in [0.4, 0.5) is 0 Å². The summed E-state index contributed by atoms with van der Waals surface area (Å²) in [7, 11) is 1.60. The van der Waals surface area contributed by atoms with Gasteiger partial charge in [0.05, 0.1) is 19.6 Å². The van der Waals surface area contributed by atoms with Gasteiger partial charge in [0.1, 0.15) is 5.75 Å². The highest BCUT2D eigenvalue weighted by Gasteiger charge is 2.15. The van der Waals surface area contributed by atoms with Crippen LogP contribution in [0.5, 0.6) is 5.75 Å². The van der Waals surface area contributed by atoms with Gasteiger partial charge in [0.25, 0.3) is 0 Å². The molecule has 104 valence electrons. The summed E-state index contributed by atoms with van der Waals surface area (Å²) >= 11 is 0. The summed E-state index contributed by atoms with van der Waals surface area (Å²) in [6, 6.07) is 10.7. The molecule has 0 aliphatic heterocycles. The quantitative estimate of drug-likeness (QED) is 0.790. The van der Waals surface area contributed by atoms with Gasteiger partial charge < -0.3 is 15.2 Å². The third-order valence-corrected chi connectivity index (χ3v) is 3.12. The Morgan fingerprint density at radius 2 is 2.00 bits per heavy atom. The van der Waals surface area contributed by atoms with Crippen molar-refractivity contribution in [2.75, 3.05) is 7.11 Å². The van der Waals surface area contributed by atoms with Crippen molar-refractivity contribution in [3.63, 3.8) is 0 Å². The van der Waals surface area contributed by atoms with Crippen molar-refractivity contribution in [2.24, 2.45) is 0 Å². The predicted molar refractivity (Wildman–Crippen MR) is 74.7 cm³/mol. The zero-order chi connectivity index (χ0) is 14.5. The van der Waals surface area contributed by atoms with Crippen LogP contribution in [0.15, 0.2) is 36.4 Å². The predicted octanol–water partition coefficient (Wildman–Crippen LogP) is 2.11. The zero-order valence-electron chi connectivity index (χ0n) is 11.0. The Bertz CT molecular complexity index is 639. The molecule has 2 aromatic rings. The molecule has 2 aromatic carbocycles. The number of carboxylic acid groups (broad SMARTS) is 1. The van der Waals surface area contributed by atoms with Crippen LogP contribution in [0.25, 0.3) is 10.8 Å². The first-order valence-electron chi connectivity index (χ1n) is 6.13. The van der Waals surface area contributed by atoms with Crippen LogP contribution in [0.3, 0.4) is 0 Å². The van der Waals surface area contributed by atoms with Gasteiger partial charge >= 0.3 is 5.97 Å². The van der Waals surface area contributed by atoms with Crippen LogP contribution >= 0.6 is 0 Å². The van der Waals surface area contributed by atoms with Crippen LogP contribution in [0.1, 0.15) is 18.0 Å². The Hall–Kier alpha value is -2.56. The van der Waals surface area contributed by atoms with E-state index >= 15 is 0 Å². The lowest BCUT2D eigenvalue weighted by atomic mass is 10.00. The molecule has 2 rings (SSSR count). The van der Waals surface area contributed by atoms with Gasteiger partial charge in [-0.2, -0.15) is 0 Å². The van der Waals surface area contributed by atoms with E-state index in [2.05, 4.69) is 5.32 Å². The molecule has 5 nitrogen and oxygen atoms in total. The zero-order valence-corrected chi connectivity index (χ0v) is 11.0. The summed E-state index contributed by atoms with van der Waals surface area (Å²) < 4.78 is 5.15. The topological polar surface area (TPSA) is 75.6 Å². The van der Waals surface area contributed by atoms with Crippen LogP contribution in [0, 0.1) is 0 Å². The monoisotopic (exact) mass is 273 g/mol. The second-order valence-electron chi connectivity index (χ2n) is 4.41. The molecule has 0 unspecified atom stereocenters. The van der Waals surface area contributed by atoms with Gasteiger partial charge in [0.2, 0.25) is 6.41 Å². The fraction of sp³-hybridized carbons (Fsp3) is 0.200. The van der Waals surface area contributed by atoms with E-state index in [-0.39, 0.29) is 6.42 Å². The maximum absolute atomic E-state index is 10.8. The van der Waals surface area contributed by atoms with E-state index in [1.54, 1.807) is 7.11 Å². The van der Waals surface area contributed by atoms with Crippen molar-refractivity contribution in [3.05, 3.63) is 42.0 Å². The summed E-state index contributed by atoms with van der Waals surface area (Å²) in [6.45, 7) is 0. The molecule has 0 aliphatic rings. The molecule has 0 spiro atoms. The van der Waals surface area contributed by atoms with Crippen molar-refractivity contribution < 1.29 is 19.4 Å². The number of carbonyl (C=O) groups is 2. The van der Waals surface area contributed by atoms with Crippen LogP contribution in [-0.2, 0) is 9.59 Å². The largest absolute Gasteiger partial charge is 0.497 e. The lowest BCUT2D eigenvalue weighted by molar-refractivity contribution is -0.137. The molecule has 0 saturated carbocycles. The summed E-state index contributed by atoms with van der Waals surface area (Å²) in [5.41, 5.74) is 0.761. The number of ether oxygens (including phenoxy) is 1. The second-order valence-corrected chi connectivity index (χ2v) is 4.41. The van der Waals surface area contributed by atoms with Gasteiger partial charge in [0, 0.05) is 0 Å². The number of amides is 1. The second kappa shape index (κ2) is 6.06. The fourth-order valence-corrected chi connectivity index (χ4v) is 2.12. The van der Waals surface area contributed by atoms with Crippen LogP contribution in [-0.4, -0.2) is 24.6 Å². The molecule has 2 N–H and O–H groups in total. The van der Waals surface area contributed by atoms with Gasteiger partial charge in [-0.15, -0.1) is 0 Å². The molecule has 1 atom stereocenters. The van der Waals surface area contributed by atoms with Crippen LogP contribution in [0.2, 0.25) is 0 Å². The number of carbonyl (C=O) groups excluding carboxylic acids is 1. The van der Waals surface area contributed by atoms with E-state index in [4.69, 9.17) is 9.84 Å². The van der Waals surface area contributed by atoms with Crippen molar-refractivity contribution in [1.29, 1.82) is 0 Å². The molecule has 0 aromatic heterocycles. The minimum Gasteiger partial charge on any atom is -0.497 e. The lowest BCUT2D eigenvalue weighted by Crippen LogP contribution is -2.22. The number of hydrogen-bond donors (Lipinski definition) is 2. The minimum absolute atomic E-state index is 0.152. The summed E-state index contributed by atoms with van der Waals surface area (Å²) in [5, 5.41) is 13.4. The third-order valence-electron chi connectivity index (χ3n) is 3.12. The summed E-state index contributed by atoms with van der Waals surface area (Å²) in [6.07, 6.45) is 0.367. The van der Waals surface area contributed by atoms with E-state index in [9.17, 15) is 9.59 Å². The molecule has 1 amide bonds. The Labute approximate surface area is 116 Å². The Balaban J connectivity index is 2.38. The van der Waals surface area contributed by atoms with E-state index in [1.165, 1.54) is 0 Å². The first-order valence-corrected chi connectivity index (χ1v) is 6.13. The summed E-state index contributed by atoms with van der Waals surface area (Å²) in [4.78, 5) is 21.4. The van der Waals surface area contributed by atoms with Gasteiger partial charge in [0.15, 0.2) is 0 Å². The normalized spacial score (nSPS) is 11.8. The van der Waals surface area contributed by atoms with Crippen molar-refractivity contribution in [3.8, 4) is 5.75 Å². The molecule has 20 heavy (non-hydrogen) atoms. The number of benzene rings is 2. The fourth-order valence-electron chi connectivity index (χ4n) is 2.12. The SMILES string of the molecule is COc1ccc2cc([C@@H](CC(=O)O)NC=O)ccc2c1. The molecule has 0 saturated heterocycles. The van der Waals surface area contributed by atoms with Gasteiger partial charge in [-0.05, 0) is 34.5 Å². The van der Waals surface area contributed by atoms with E-state index < -0.39 is 12.0 Å². The molecular weight excluding hydrogens is 258 g/mol. The number of nitrogens with one attached hydrogen (secondary N) is 1. The van der Waals surface area contributed by atoms with Gasteiger partial charge in [-0.25, -0.2) is 0 Å². The standard InChI is InChI=1S/C15H15NO4/c1-20-13-5-4-10-6-12(3-2-11(10)7-13)14(16-9-17)8-15(18)19/h2-7,9,14H,8H2,1H3,(H,16,17)(H,18,19)/t14-/m1/s1. The number of aliphatic carboxylic acids is 1. The highest BCUT2D eigenvalue weighted by molar-refractivity contribution is 5.85. The molecule has 5 heteroatoms. The molecule has 0 heterocycles. The molecule has 0 fully saturated rings. The van der Waals surface area contributed by atoms with Gasteiger partial charge in [-0.3, -0.25) is 9.59 Å². The Morgan fingerprint density at radius 1 is 1.30 bits per heavy atom. The number of hydrogen-bond acceptors (Lipinski definition) is 3. The van der Waals surface area contributed by atoms with Crippen molar-refractivity contribution in [2.45, 2.75) is 12.5 Å². The molecule has 0 radical (unpaired) electrons. The highest BCUT2D eigenvalue weighted by atomic mass is 16.5. The number of methoxy groups -OCH3 is 1. The first-order chi connectivity index (χ1) is 9.63. The van der Waals surface area contributed by atoms with E-state index in [1.807, 2.05) is 36.4 Å². The summed E-state index contributed by atoms with van der Waals surface area (Å²) in [5.74, 6) is -0.197. The van der Waals surface area contributed by atoms with Crippen molar-refractivity contribution >= 4 is 23.2 Å². The lowest BCUT2D eigenvalue weighted by Gasteiger charge is -2.15. The number of carboxylic acids is 1. The number of rotatable bonds is 6. The average Bonchev–Trinajstić information content (AvgIpc) is 2.45. The maximum Gasteiger partial charge on any atom is 0.305 e. The molecule has 0 bridgehead atoms. The molecular formula is C15H15NO4. The maximum atomic E-state index is 10.8. The smallest absolute Gasteiger partial charge is 0.305 e. The Kier molecular flexibility index (Phi) is 4.20. The number of fused-ring (bicyclic) bond motifs is 1.